The summed E-state index contributed by atoms with van der Waals surface area (Å²) < 4.78 is 29.9. The molecule has 208 valence electrons. The zero-order chi connectivity index (χ0) is 27.4. The van der Waals surface area contributed by atoms with Gasteiger partial charge in [-0.15, -0.1) is 0 Å². The van der Waals surface area contributed by atoms with Crippen LogP contribution in [0.15, 0.2) is 53.7 Å². The van der Waals surface area contributed by atoms with Gasteiger partial charge in [0.2, 0.25) is 11.9 Å². The molecule has 3 aromatic rings. The zero-order valence-electron chi connectivity index (χ0n) is 22.7. The number of piperazine rings is 1. The molecular weight excluding hydrogens is 516 g/mol. The molecule has 0 atom stereocenters. The first-order valence-electron chi connectivity index (χ1n) is 13.2. The normalized spacial score (nSPS) is 17.7. The van der Waals surface area contributed by atoms with Gasteiger partial charge in [0.25, 0.3) is 0 Å². The van der Waals surface area contributed by atoms with E-state index in [0.717, 1.165) is 63.5 Å². The number of hydrogen-bond donors (Lipinski definition) is 2. The summed E-state index contributed by atoms with van der Waals surface area (Å²) in [6.07, 6.45) is 4.84. The van der Waals surface area contributed by atoms with Crippen LogP contribution in [0, 0.1) is 0 Å². The molecule has 0 amide bonds. The van der Waals surface area contributed by atoms with Gasteiger partial charge >= 0.3 is 0 Å². The summed E-state index contributed by atoms with van der Waals surface area (Å²) in [6, 6.07) is 13.4. The van der Waals surface area contributed by atoms with Crippen molar-refractivity contribution in [3.05, 3.63) is 48.8 Å². The number of sulfone groups is 1. The highest BCUT2D eigenvalue weighted by atomic mass is 32.2. The summed E-state index contributed by atoms with van der Waals surface area (Å²) in [5.41, 5.74) is 2.26. The summed E-state index contributed by atoms with van der Waals surface area (Å²) in [5, 5.41) is 6.26. The molecule has 2 aromatic carbocycles. The second kappa shape index (κ2) is 11.7. The van der Waals surface area contributed by atoms with Crippen molar-refractivity contribution in [2.75, 3.05) is 75.2 Å². The van der Waals surface area contributed by atoms with E-state index in [1.54, 1.807) is 31.4 Å². The molecule has 0 saturated carbocycles. The predicted molar refractivity (Wildman–Crippen MR) is 153 cm³/mol. The topological polar surface area (TPSA) is 116 Å². The van der Waals surface area contributed by atoms with E-state index in [9.17, 15) is 8.42 Å². The fourth-order valence-electron chi connectivity index (χ4n) is 5.22. The van der Waals surface area contributed by atoms with Crippen LogP contribution in [0.5, 0.6) is 5.75 Å². The van der Waals surface area contributed by atoms with E-state index in [2.05, 4.69) is 59.5 Å². The third-order valence-electron chi connectivity index (χ3n) is 7.42. The molecule has 39 heavy (non-hydrogen) atoms. The highest BCUT2D eigenvalue weighted by molar-refractivity contribution is 7.90. The quantitative estimate of drug-likeness (QED) is 0.430. The molecule has 0 radical (unpaired) electrons. The van der Waals surface area contributed by atoms with Crippen molar-refractivity contribution in [1.29, 1.82) is 0 Å². The van der Waals surface area contributed by atoms with Gasteiger partial charge < -0.3 is 25.2 Å². The van der Waals surface area contributed by atoms with E-state index in [-0.39, 0.29) is 10.8 Å². The molecule has 0 spiro atoms. The molecule has 2 fully saturated rings. The van der Waals surface area contributed by atoms with E-state index in [1.807, 2.05) is 6.07 Å². The van der Waals surface area contributed by atoms with Crippen LogP contribution in [0.3, 0.4) is 0 Å². The van der Waals surface area contributed by atoms with Crippen molar-refractivity contribution in [3.8, 4) is 5.75 Å². The van der Waals surface area contributed by atoms with E-state index in [4.69, 9.17) is 4.74 Å². The lowest BCUT2D eigenvalue weighted by atomic mass is 10.0. The Kier molecular flexibility index (Phi) is 8.15. The van der Waals surface area contributed by atoms with E-state index >= 15 is 0 Å². The SMILES string of the molecule is COc1ccc(N2CCC(N3CCN(C)CC3)CC2)cc1Nc1ncnc(Nc2ccccc2S(C)(=O)=O)n1. The van der Waals surface area contributed by atoms with Crippen molar-refractivity contribution in [2.24, 2.45) is 0 Å². The lowest BCUT2D eigenvalue weighted by Gasteiger charge is -2.42. The van der Waals surface area contributed by atoms with E-state index in [0.29, 0.717) is 23.4 Å². The number of rotatable bonds is 8. The van der Waals surface area contributed by atoms with Crippen molar-refractivity contribution in [2.45, 2.75) is 23.8 Å². The number of hydrogen-bond acceptors (Lipinski definition) is 11. The van der Waals surface area contributed by atoms with Crippen molar-refractivity contribution in [1.82, 2.24) is 24.8 Å². The number of para-hydroxylation sites is 1. The molecule has 5 rings (SSSR count). The lowest BCUT2D eigenvalue weighted by Crippen LogP contribution is -2.52. The Morgan fingerprint density at radius 1 is 0.897 bits per heavy atom. The van der Waals surface area contributed by atoms with Crippen LogP contribution >= 0.6 is 0 Å². The fraction of sp³-hybridized carbons (Fsp3) is 0.444. The number of piperidine rings is 1. The highest BCUT2D eigenvalue weighted by Crippen LogP contribution is 2.33. The first kappa shape index (κ1) is 27.1. The van der Waals surface area contributed by atoms with Crippen LogP contribution in [-0.2, 0) is 9.84 Å². The third kappa shape index (κ3) is 6.57. The van der Waals surface area contributed by atoms with Gasteiger partial charge in [-0.2, -0.15) is 4.98 Å². The number of aromatic nitrogens is 3. The lowest BCUT2D eigenvalue weighted by molar-refractivity contribution is 0.0982. The molecule has 12 heteroatoms. The summed E-state index contributed by atoms with van der Waals surface area (Å²) >= 11 is 0. The van der Waals surface area contributed by atoms with Gasteiger partial charge in [0.15, 0.2) is 9.84 Å². The summed E-state index contributed by atoms with van der Waals surface area (Å²) in [6.45, 7) is 6.60. The van der Waals surface area contributed by atoms with Crippen LogP contribution in [-0.4, -0.2) is 98.9 Å². The minimum atomic E-state index is -3.42. The average Bonchev–Trinajstić information content (AvgIpc) is 2.93. The maximum absolute atomic E-state index is 12.2. The Labute approximate surface area is 230 Å². The van der Waals surface area contributed by atoms with Gasteiger partial charge in [-0.05, 0) is 50.2 Å². The molecule has 11 nitrogen and oxygen atoms in total. The number of benzene rings is 2. The summed E-state index contributed by atoms with van der Waals surface area (Å²) in [4.78, 5) is 20.5. The fourth-order valence-corrected chi connectivity index (χ4v) is 6.06. The Balaban J connectivity index is 1.28. The molecule has 2 aliphatic heterocycles. The second-order valence-electron chi connectivity index (χ2n) is 10.1. The highest BCUT2D eigenvalue weighted by Gasteiger charge is 2.27. The van der Waals surface area contributed by atoms with Crippen molar-refractivity contribution >= 4 is 38.8 Å². The second-order valence-corrected chi connectivity index (χ2v) is 12.1. The molecule has 0 bridgehead atoms. The Hall–Kier alpha value is -3.48. The van der Waals surface area contributed by atoms with E-state index in [1.165, 1.54) is 12.6 Å². The Bertz CT molecular complexity index is 1390. The molecule has 0 aliphatic carbocycles. The van der Waals surface area contributed by atoms with Crippen LogP contribution < -0.4 is 20.3 Å². The number of anilines is 5. The Morgan fingerprint density at radius 2 is 1.56 bits per heavy atom. The van der Waals surface area contributed by atoms with Gasteiger partial charge in [-0.3, -0.25) is 4.90 Å². The Morgan fingerprint density at radius 3 is 2.23 bits per heavy atom. The number of methoxy groups -OCH3 is 1. The van der Waals surface area contributed by atoms with Crippen LogP contribution in [0.2, 0.25) is 0 Å². The molecule has 2 aliphatic rings. The standard InChI is InChI=1S/C27H36N8O3S/c1-33-14-16-35(17-15-33)20-10-12-34(13-11-20)21-8-9-24(38-2)23(18-21)31-27-29-19-28-26(32-27)30-22-6-4-5-7-25(22)39(3,36)37/h4-9,18-20H,10-17H2,1-3H3,(H2,28,29,30,31,32). The van der Waals surface area contributed by atoms with Gasteiger partial charge in [-0.25, -0.2) is 18.4 Å². The monoisotopic (exact) mass is 552 g/mol. The molecule has 2 N–H and O–H groups in total. The molecule has 2 saturated heterocycles. The van der Waals surface area contributed by atoms with Crippen LogP contribution in [0.1, 0.15) is 12.8 Å². The number of likely N-dealkylation sites (N-methyl/N-ethyl adjacent to an activating group) is 1. The number of nitrogens with zero attached hydrogens (tertiary/aromatic N) is 6. The van der Waals surface area contributed by atoms with Crippen LogP contribution in [0.4, 0.5) is 29.0 Å². The molecule has 1 aromatic heterocycles. The molecular formula is C27H36N8O3S. The maximum atomic E-state index is 12.2. The van der Waals surface area contributed by atoms with Crippen molar-refractivity contribution < 1.29 is 13.2 Å². The summed E-state index contributed by atoms with van der Waals surface area (Å²) in [7, 11) is 0.401. The predicted octanol–water partition coefficient (Wildman–Crippen LogP) is 2.99. The van der Waals surface area contributed by atoms with Gasteiger partial charge in [0, 0.05) is 57.3 Å². The average molecular weight is 553 g/mol. The van der Waals surface area contributed by atoms with Crippen molar-refractivity contribution in [3.63, 3.8) is 0 Å². The first-order valence-corrected chi connectivity index (χ1v) is 15.1. The van der Waals surface area contributed by atoms with Gasteiger partial charge in [-0.1, -0.05) is 12.1 Å². The smallest absolute Gasteiger partial charge is 0.232 e. The number of nitrogens with one attached hydrogen (secondary N) is 2. The number of ether oxygens (including phenoxy) is 1. The van der Waals surface area contributed by atoms with Crippen LogP contribution in [0.25, 0.3) is 0 Å². The van der Waals surface area contributed by atoms with E-state index < -0.39 is 9.84 Å². The first-order chi connectivity index (χ1) is 18.8. The molecule has 0 unspecified atom stereocenters. The minimum Gasteiger partial charge on any atom is -0.495 e. The largest absolute Gasteiger partial charge is 0.495 e. The van der Waals surface area contributed by atoms with Gasteiger partial charge in [0.1, 0.15) is 12.1 Å². The van der Waals surface area contributed by atoms with Gasteiger partial charge in [0.05, 0.1) is 23.4 Å². The zero-order valence-corrected chi connectivity index (χ0v) is 23.5. The summed E-state index contributed by atoms with van der Waals surface area (Å²) in [5.74, 6) is 1.21. The molecule has 3 heterocycles. The third-order valence-corrected chi connectivity index (χ3v) is 8.57. The maximum Gasteiger partial charge on any atom is 0.232 e. The minimum absolute atomic E-state index is 0.172.